The van der Waals surface area contributed by atoms with Gasteiger partial charge in [0.25, 0.3) is 0 Å². The van der Waals surface area contributed by atoms with Gasteiger partial charge >= 0.3 is 6.18 Å². The maximum atomic E-state index is 12.9. The lowest BCUT2D eigenvalue weighted by Crippen LogP contribution is -2.17. The summed E-state index contributed by atoms with van der Waals surface area (Å²) in [5.41, 5.74) is 0.360. The highest BCUT2D eigenvalue weighted by molar-refractivity contribution is 7.99. The number of hydrogen-bond donors (Lipinski definition) is 1. The molecule has 3 rings (SSSR count). The summed E-state index contributed by atoms with van der Waals surface area (Å²) < 4.78 is 46.9. The molecule has 0 radical (unpaired) electrons. The van der Waals surface area contributed by atoms with Crippen molar-refractivity contribution in [1.82, 2.24) is 14.8 Å². The molecule has 0 spiro atoms. The lowest BCUT2D eigenvalue weighted by molar-refractivity contribution is -0.137. The lowest BCUT2D eigenvalue weighted by atomic mass is 10.0. The SMILES string of the molecule is CC(C)c1ccccc1OC(C)c1nnc(SCC(=O)Nc2cccc(C(F)(F)F)c2)n1C(C)C. The minimum absolute atomic E-state index is 0.000390. The van der Waals surface area contributed by atoms with Crippen LogP contribution in [0.2, 0.25) is 0 Å². The van der Waals surface area contributed by atoms with Crippen LogP contribution in [0, 0.1) is 0 Å². The highest BCUT2D eigenvalue weighted by Crippen LogP contribution is 2.33. The van der Waals surface area contributed by atoms with Gasteiger partial charge in [-0.1, -0.05) is 49.9 Å². The number of anilines is 1. The molecule has 35 heavy (non-hydrogen) atoms. The number of ether oxygens (including phenoxy) is 1. The van der Waals surface area contributed by atoms with E-state index in [2.05, 4.69) is 29.4 Å². The number of nitrogens with one attached hydrogen (secondary N) is 1. The molecule has 1 atom stereocenters. The zero-order chi connectivity index (χ0) is 25.8. The van der Waals surface area contributed by atoms with Crippen LogP contribution in [0.3, 0.4) is 0 Å². The number of benzene rings is 2. The first kappa shape index (κ1) is 26.6. The number of carbonyl (C=O) groups is 1. The van der Waals surface area contributed by atoms with Gasteiger partial charge in [0.05, 0.1) is 11.3 Å². The second kappa shape index (κ2) is 11.2. The number of carbonyl (C=O) groups excluding carboxylic acids is 1. The molecule has 10 heteroatoms. The van der Waals surface area contributed by atoms with Gasteiger partial charge in [0.1, 0.15) is 5.75 Å². The van der Waals surface area contributed by atoms with Crippen molar-refractivity contribution in [1.29, 1.82) is 0 Å². The van der Waals surface area contributed by atoms with Gasteiger partial charge in [0.15, 0.2) is 17.1 Å². The Hall–Kier alpha value is -3.01. The van der Waals surface area contributed by atoms with Gasteiger partial charge in [-0.05, 0) is 56.5 Å². The zero-order valence-corrected chi connectivity index (χ0v) is 21.1. The third kappa shape index (κ3) is 6.78. The summed E-state index contributed by atoms with van der Waals surface area (Å²) in [6, 6.07) is 12.4. The zero-order valence-electron chi connectivity index (χ0n) is 20.3. The smallest absolute Gasteiger partial charge is 0.416 e. The number of halogens is 3. The summed E-state index contributed by atoms with van der Waals surface area (Å²) in [4.78, 5) is 12.4. The fraction of sp³-hybridized carbons (Fsp3) is 0.400. The molecule has 2 aromatic carbocycles. The lowest BCUT2D eigenvalue weighted by Gasteiger charge is -2.21. The summed E-state index contributed by atoms with van der Waals surface area (Å²) >= 11 is 1.16. The minimum Gasteiger partial charge on any atom is -0.482 e. The Bertz CT molecular complexity index is 1160. The molecule has 0 saturated heterocycles. The summed E-state index contributed by atoms with van der Waals surface area (Å²) in [7, 11) is 0. The van der Waals surface area contributed by atoms with Crippen LogP contribution in [-0.4, -0.2) is 26.4 Å². The van der Waals surface area contributed by atoms with E-state index in [-0.39, 0.29) is 17.5 Å². The van der Waals surface area contributed by atoms with Gasteiger partial charge in [0, 0.05) is 11.7 Å². The maximum absolute atomic E-state index is 12.9. The predicted molar refractivity (Wildman–Crippen MR) is 131 cm³/mol. The average molecular weight is 507 g/mol. The summed E-state index contributed by atoms with van der Waals surface area (Å²) in [6.45, 7) is 10.1. The van der Waals surface area contributed by atoms with E-state index >= 15 is 0 Å². The summed E-state index contributed by atoms with van der Waals surface area (Å²) in [6.07, 6.45) is -4.87. The molecule has 3 aromatic rings. The van der Waals surface area contributed by atoms with E-state index in [4.69, 9.17) is 4.74 Å². The Kier molecular flexibility index (Phi) is 8.47. The molecule has 0 aliphatic rings. The number of para-hydroxylation sites is 1. The third-order valence-corrected chi connectivity index (χ3v) is 6.16. The number of amides is 1. The molecule has 0 bridgehead atoms. The number of alkyl halides is 3. The van der Waals surface area contributed by atoms with Crippen molar-refractivity contribution >= 4 is 23.4 Å². The maximum Gasteiger partial charge on any atom is 0.416 e. The van der Waals surface area contributed by atoms with Crippen molar-refractivity contribution < 1.29 is 22.7 Å². The van der Waals surface area contributed by atoms with Crippen LogP contribution in [-0.2, 0) is 11.0 Å². The van der Waals surface area contributed by atoms with Crippen LogP contribution < -0.4 is 10.1 Å². The number of hydrogen-bond acceptors (Lipinski definition) is 5. The van der Waals surface area contributed by atoms with Gasteiger partial charge < -0.3 is 14.6 Å². The van der Waals surface area contributed by atoms with Crippen molar-refractivity contribution in [3.8, 4) is 5.75 Å². The fourth-order valence-corrected chi connectivity index (χ4v) is 4.43. The number of aromatic nitrogens is 3. The second-order valence-corrected chi connectivity index (χ2v) is 9.62. The standard InChI is InChI=1S/C25H29F3N4O2S/c1-15(2)20-11-6-7-12-21(20)34-17(5)23-30-31-24(32(23)16(3)4)35-14-22(33)29-19-10-8-9-18(13-19)25(26,27)28/h6-13,15-17H,14H2,1-5H3,(H,29,33). The first-order valence-electron chi connectivity index (χ1n) is 11.3. The van der Waals surface area contributed by atoms with Crippen molar-refractivity contribution in [2.45, 2.75) is 64.0 Å². The molecular formula is C25H29F3N4O2S. The molecule has 1 N–H and O–H groups in total. The topological polar surface area (TPSA) is 69.0 Å². The second-order valence-electron chi connectivity index (χ2n) is 8.67. The Morgan fingerprint density at radius 1 is 1.06 bits per heavy atom. The third-order valence-electron chi connectivity index (χ3n) is 5.22. The van der Waals surface area contributed by atoms with Crippen LogP contribution in [0.4, 0.5) is 18.9 Å². The highest BCUT2D eigenvalue weighted by Gasteiger charge is 2.30. The van der Waals surface area contributed by atoms with Crippen LogP contribution in [0.1, 0.15) is 69.6 Å². The number of nitrogens with zero attached hydrogens (tertiary/aromatic N) is 3. The predicted octanol–water partition coefficient (Wildman–Crippen LogP) is 6.87. The van der Waals surface area contributed by atoms with E-state index in [0.717, 1.165) is 35.2 Å². The molecule has 1 aromatic heterocycles. The largest absolute Gasteiger partial charge is 0.482 e. The molecule has 188 valence electrons. The fourth-order valence-electron chi connectivity index (χ4n) is 3.56. The van der Waals surface area contributed by atoms with Gasteiger partial charge in [-0.25, -0.2) is 0 Å². The van der Waals surface area contributed by atoms with Gasteiger partial charge in [0.2, 0.25) is 5.91 Å². The molecule has 0 aliphatic carbocycles. The molecule has 1 heterocycles. The first-order chi connectivity index (χ1) is 16.5. The first-order valence-corrected chi connectivity index (χ1v) is 12.3. The quantitative estimate of drug-likeness (QED) is 0.321. The Morgan fingerprint density at radius 3 is 2.43 bits per heavy atom. The molecule has 0 fully saturated rings. The van der Waals surface area contributed by atoms with E-state index in [1.165, 1.54) is 12.1 Å². The normalized spacial score (nSPS) is 12.7. The van der Waals surface area contributed by atoms with E-state index < -0.39 is 23.8 Å². The van der Waals surface area contributed by atoms with Crippen LogP contribution in [0.25, 0.3) is 0 Å². The Morgan fingerprint density at radius 2 is 1.77 bits per heavy atom. The van der Waals surface area contributed by atoms with Gasteiger partial charge in [-0.15, -0.1) is 10.2 Å². The molecular weight excluding hydrogens is 477 g/mol. The van der Waals surface area contributed by atoms with Crippen molar-refractivity contribution in [2.75, 3.05) is 11.1 Å². The van der Waals surface area contributed by atoms with Gasteiger partial charge in [-0.3, -0.25) is 4.79 Å². The van der Waals surface area contributed by atoms with Crippen LogP contribution >= 0.6 is 11.8 Å². The molecule has 0 aliphatic heterocycles. The minimum atomic E-state index is -4.48. The van der Waals surface area contributed by atoms with Crippen molar-refractivity contribution in [2.24, 2.45) is 0 Å². The Labute approximate surface area is 207 Å². The molecule has 1 amide bonds. The monoisotopic (exact) mass is 506 g/mol. The average Bonchev–Trinajstić information content (AvgIpc) is 3.22. The van der Waals surface area contributed by atoms with Crippen molar-refractivity contribution in [3.63, 3.8) is 0 Å². The number of rotatable bonds is 9. The van der Waals surface area contributed by atoms with E-state index in [0.29, 0.717) is 16.9 Å². The Balaban J connectivity index is 1.71. The number of thioether (sulfide) groups is 1. The molecule has 0 saturated carbocycles. The summed E-state index contributed by atoms with van der Waals surface area (Å²) in [5.74, 6) is 1.22. The highest BCUT2D eigenvalue weighted by atomic mass is 32.2. The van der Waals surface area contributed by atoms with Gasteiger partial charge in [-0.2, -0.15) is 13.2 Å². The van der Waals surface area contributed by atoms with Crippen molar-refractivity contribution in [3.05, 3.63) is 65.5 Å². The van der Waals surface area contributed by atoms with Crippen LogP contribution in [0.15, 0.2) is 53.7 Å². The molecule has 6 nitrogen and oxygen atoms in total. The van der Waals surface area contributed by atoms with E-state index in [1.54, 1.807) is 0 Å². The molecule has 1 unspecified atom stereocenters. The van der Waals surface area contributed by atoms with E-state index in [9.17, 15) is 18.0 Å². The summed E-state index contributed by atoms with van der Waals surface area (Å²) in [5, 5.41) is 11.6. The van der Waals surface area contributed by atoms with Crippen LogP contribution in [0.5, 0.6) is 5.75 Å². The van der Waals surface area contributed by atoms with E-state index in [1.807, 2.05) is 49.6 Å².